The number of carbonyl (C=O) groups excluding carboxylic acids is 1. The maximum absolute atomic E-state index is 11.6. The molecule has 0 aliphatic rings. The minimum atomic E-state index is -0.996. The number of methoxy groups -OCH3 is 1. The summed E-state index contributed by atoms with van der Waals surface area (Å²) in [5, 5.41) is 18.8. The van der Waals surface area contributed by atoms with Crippen LogP contribution in [0.15, 0.2) is 33.0 Å². The van der Waals surface area contributed by atoms with Gasteiger partial charge < -0.3 is 24.9 Å². The van der Waals surface area contributed by atoms with E-state index in [4.69, 9.17) is 9.15 Å². The first-order valence-electron chi connectivity index (χ1n) is 8.33. The number of guanidine groups is 1. The molecule has 0 amide bonds. The zero-order valence-electron chi connectivity index (χ0n) is 15.5. The second-order valence-electron chi connectivity index (χ2n) is 5.97. The highest BCUT2D eigenvalue weighted by molar-refractivity contribution is 7.10. The highest BCUT2D eigenvalue weighted by Crippen LogP contribution is 2.24. The van der Waals surface area contributed by atoms with Crippen LogP contribution in [0.25, 0.3) is 0 Å². The molecule has 0 bridgehead atoms. The Kier molecular flexibility index (Phi) is 6.82. The van der Waals surface area contributed by atoms with Crippen molar-refractivity contribution in [3.8, 4) is 0 Å². The van der Waals surface area contributed by atoms with E-state index in [0.29, 0.717) is 36.1 Å². The van der Waals surface area contributed by atoms with Crippen LogP contribution in [0.1, 0.15) is 40.6 Å². The summed E-state index contributed by atoms with van der Waals surface area (Å²) in [6.45, 7) is 6.67. The Morgan fingerprint density at radius 2 is 2.23 bits per heavy atom. The van der Waals surface area contributed by atoms with Crippen molar-refractivity contribution in [3.05, 3.63) is 45.5 Å². The molecular formula is C18H25N3O4S. The van der Waals surface area contributed by atoms with E-state index in [1.807, 2.05) is 24.4 Å². The Hall–Kier alpha value is -2.32. The van der Waals surface area contributed by atoms with Crippen molar-refractivity contribution < 1.29 is 19.1 Å². The molecule has 2 aromatic rings. The SMILES string of the molecule is CCNC(=NCc1cc(C(=O)OC)c(C)o1)NCC(C)(O)c1cccs1. The van der Waals surface area contributed by atoms with Crippen molar-refractivity contribution >= 4 is 23.3 Å². The molecule has 3 N–H and O–H groups in total. The van der Waals surface area contributed by atoms with E-state index in [9.17, 15) is 9.90 Å². The van der Waals surface area contributed by atoms with Crippen molar-refractivity contribution in [2.24, 2.45) is 4.99 Å². The predicted molar refractivity (Wildman–Crippen MR) is 101 cm³/mol. The van der Waals surface area contributed by atoms with Gasteiger partial charge in [0.1, 0.15) is 29.2 Å². The van der Waals surface area contributed by atoms with E-state index in [1.165, 1.54) is 18.4 Å². The first kappa shape index (κ1) is 20.0. The lowest BCUT2D eigenvalue weighted by Gasteiger charge is -2.23. The van der Waals surface area contributed by atoms with Crippen molar-refractivity contribution in [1.29, 1.82) is 0 Å². The summed E-state index contributed by atoms with van der Waals surface area (Å²) in [6, 6.07) is 5.44. The number of nitrogens with zero attached hydrogens (tertiary/aromatic N) is 1. The van der Waals surface area contributed by atoms with E-state index in [-0.39, 0.29) is 6.54 Å². The van der Waals surface area contributed by atoms with Gasteiger partial charge in [-0.3, -0.25) is 0 Å². The van der Waals surface area contributed by atoms with Gasteiger partial charge in [-0.1, -0.05) is 6.07 Å². The second-order valence-corrected chi connectivity index (χ2v) is 6.92. The van der Waals surface area contributed by atoms with Gasteiger partial charge in [0.15, 0.2) is 5.96 Å². The van der Waals surface area contributed by atoms with Crippen molar-refractivity contribution in [1.82, 2.24) is 10.6 Å². The number of aliphatic hydroxyl groups is 1. The van der Waals surface area contributed by atoms with Crippen molar-refractivity contribution in [3.63, 3.8) is 0 Å². The third-order valence-corrected chi connectivity index (χ3v) is 4.89. The molecular weight excluding hydrogens is 354 g/mol. The van der Waals surface area contributed by atoms with E-state index >= 15 is 0 Å². The van der Waals surface area contributed by atoms with E-state index in [2.05, 4.69) is 15.6 Å². The Balaban J connectivity index is 2.04. The molecule has 7 nitrogen and oxygen atoms in total. The number of nitrogens with one attached hydrogen (secondary N) is 2. The lowest BCUT2D eigenvalue weighted by atomic mass is 10.1. The molecule has 26 heavy (non-hydrogen) atoms. The number of hydrogen-bond donors (Lipinski definition) is 3. The van der Waals surface area contributed by atoms with Gasteiger partial charge in [-0.15, -0.1) is 11.3 Å². The second kappa shape index (κ2) is 8.86. The first-order valence-corrected chi connectivity index (χ1v) is 9.21. The smallest absolute Gasteiger partial charge is 0.341 e. The van der Waals surface area contributed by atoms with Crippen LogP contribution in [0.3, 0.4) is 0 Å². The van der Waals surface area contributed by atoms with Gasteiger partial charge in [0.2, 0.25) is 0 Å². The summed E-state index contributed by atoms with van der Waals surface area (Å²) in [5.41, 5.74) is -0.597. The summed E-state index contributed by atoms with van der Waals surface area (Å²) < 4.78 is 10.3. The fourth-order valence-electron chi connectivity index (χ4n) is 2.36. The van der Waals surface area contributed by atoms with Gasteiger partial charge in [0.25, 0.3) is 0 Å². The molecule has 0 fully saturated rings. The minimum absolute atomic E-state index is 0.258. The monoisotopic (exact) mass is 379 g/mol. The molecule has 0 saturated heterocycles. The van der Waals surface area contributed by atoms with Gasteiger partial charge in [-0.05, 0) is 38.3 Å². The minimum Gasteiger partial charge on any atom is -0.465 e. The lowest BCUT2D eigenvalue weighted by Crippen LogP contribution is -2.44. The molecule has 1 atom stereocenters. The van der Waals surface area contributed by atoms with Gasteiger partial charge in [-0.25, -0.2) is 9.79 Å². The zero-order chi connectivity index (χ0) is 19.2. The maximum atomic E-state index is 11.6. The largest absolute Gasteiger partial charge is 0.465 e. The third kappa shape index (κ3) is 5.09. The number of thiophene rings is 1. The van der Waals surface area contributed by atoms with Crippen LogP contribution >= 0.6 is 11.3 Å². The molecule has 2 heterocycles. The predicted octanol–water partition coefficient (Wildman–Crippen LogP) is 2.40. The van der Waals surface area contributed by atoms with Gasteiger partial charge in [0.05, 0.1) is 13.7 Å². The molecule has 0 radical (unpaired) electrons. The average Bonchev–Trinajstić information content (AvgIpc) is 3.27. The van der Waals surface area contributed by atoms with Crippen molar-refractivity contribution in [2.75, 3.05) is 20.2 Å². The number of hydrogen-bond acceptors (Lipinski definition) is 6. The zero-order valence-corrected chi connectivity index (χ0v) is 16.3. The Morgan fingerprint density at radius 1 is 1.46 bits per heavy atom. The third-order valence-electron chi connectivity index (χ3n) is 3.76. The molecule has 0 aliphatic carbocycles. The normalized spacial score (nSPS) is 14.0. The van der Waals surface area contributed by atoms with Crippen LogP contribution in [0.5, 0.6) is 0 Å². The number of aliphatic imine (C=N–C) groups is 1. The molecule has 2 rings (SSSR count). The number of aryl methyl sites for hydroxylation is 1. The standard InChI is InChI=1S/C18H25N3O4S/c1-5-19-17(21-11-18(3,23)15-7-6-8-26-15)20-10-13-9-14(12(2)25-13)16(22)24-4/h6-9,23H,5,10-11H2,1-4H3,(H2,19,20,21). The Bertz CT molecular complexity index is 751. The summed E-state index contributed by atoms with van der Waals surface area (Å²) in [6.07, 6.45) is 0. The van der Waals surface area contributed by atoms with Gasteiger partial charge >= 0.3 is 5.97 Å². The highest BCUT2D eigenvalue weighted by Gasteiger charge is 2.24. The van der Waals surface area contributed by atoms with Crippen LogP contribution in [-0.2, 0) is 16.9 Å². The fraction of sp³-hybridized carbons (Fsp3) is 0.444. The number of esters is 1. The van der Waals surface area contributed by atoms with E-state index in [1.54, 1.807) is 19.9 Å². The summed E-state index contributed by atoms with van der Waals surface area (Å²) in [4.78, 5) is 17.0. The molecule has 0 spiro atoms. The topological polar surface area (TPSA) is 96.1 Å². The molecule has 0 saturated carbocycles. The maximum Gasteiger partial charge on any atom is 0.341 e. The fourth-order valence-corrected chi connectivity index (χ4v) is 3.15. The number of carbonyl (C=O) groups is 1. The number of rotatable bonds is 7. The first-order chi connectivity index (χ1) is 12.4. The highest BCUT2D eigenvalue weighted by atomic mass is 32.1. The van der Waals surface area contributed by atoms with Crippen LogP contribution in [0, 0.1) is 6.92 Å². The molecule has 0 aromatic carbocycles. The van der Waals surface area contributed by atoms with E-state index < -0.39 is 11.6 Å². The molecule has 0 aliphatic heterocycles. The average molecular weight is 379 g/mol. The van der Waals surface area contributed by atoms with Gasteiger partial charge in [0, 0.05) is 11.4 Å². The summed E-state index contributed by atoms with van der Waals surface area (Å²) in [5.74, 6) is 1.18. The number of ether oxygens (including phenoxy) is 1. The summed E-state index contributed by atoms with van der Waals surface area (Å²) >= 11 is 1.51. The van der Waals surface area contributed by atoms with Crippen LogP contribution in [0.2, 0.25) is 0 Å². The van der Waals surface area contributed by atoms with Crippen LogP contribution in [-0.4, -0.2) is 37.2 Å². The van der Waals surface area contributed by atoms with Crippen molar-refractivity contribution in [2.45, 2.75) is 32.9 Å². The van der Waals surface area contributed by atoms with Crippen LogP contribution < -0.4 is 10.6 Å². The quantitative estimate of drug-likeness (QED) is 0.388. The Morgan fingerprint density at radius 3 is 2.85 bits per heavy atom. The van der Waals surface area contributed by atoms with E-state index in [0.717, 1.165) is 4.88 Å². The Labute approximate surface area is 157 Å². The van der Waals surface area contributed by atoms with Crippen LogP contribution in [0.4, 0.5) is 0 Å². The molecule has 1 unspecified atom stereocenters. The molecule has 142 valence electrons. The molecule has 8 heteroatoms. The van der Waals surface area contributed by atoms with Gasteiger partial charge in [-0.2, -0.15) is 0 Å². The summed E-state index contributed by atoms with van der Waals surface area (Å²) in [7, 11) is 1.33. The number of furan rings is 1. The molecule has 2 aromatic heterocycles. The lowest BCUT2D eigenvalue weighted by molar-refractivity contribution is 0.0598.